The molecule has 3 heterocycles. The van der Waals surface area contributed by atoms with E-state index in [1.165, 1.54) is 6.07 Å². The number of aliphatic hydroxyl groups excluding tert-OH is 1. The first-order valence-corrected chi connectivity index (χ1v) is 10.5. The molecule has 16 heteroatoms. The highest BCUT2D eigenvalue weighted by Crippen LogP contribution is 2.42. The quantitative estimate of drug-likeness (QED) is 0.470. The lowest BCUT2D eigenvalue weighted by Crippen LogP contribution is -2.36. The molecule has 194 valence electrons. The zero-order chi connectivity index (χ0) is 26.3. The maximum Gasteiger partial charge on any atom is 0.416 e. The molecule has 1 aliphatic rings. The van der Waals surface area contributed by atoms with Crippen LogP contribution in [0.1, 0.15) is 35.6 Å². The minimum Gasteiger partial charge on any atom is -0.480 e. The first-order valence-electron chi connectivity index (χ1n) is 10.5. The van der Waals surface area contributed by atoms with E-state index in [0.29, 0.717) is 24.0 Å². The predicted octanol–water partition coefficient (Wildman–Crippen LogP) is 3.40. The van der Waals surface area contributed by atoms with E-state index < -0.39 is 53.6 Å². The number of tetrazole rings is 1. The topological polar surface area (TPSA) is 130 Å². The van der Waals surface area contributed by atoms with Gasteiger partial charge in [0.05, 0.1) is 17.2 Å². The number of carboxylic acid groups (broad SMARTS) is 1. The van der Waals surface area contributed by atoms with Gasteiger partial charge in [-0.15, -0.1) is 10.2 Å². The number of alkyl halides is 6. The van der Waals surface area contributed by atoms with Gasteiger partial charge in [0.25, 0.3) is 0 Å². The molecule has 0 radical (unpaired) electrons. The lowest BCUT2D eigenvalue weighted by Gasteiger charge is -2.35. The molecule has 1 unspecified atom stereocenters. The summed E-state index contributed by atoms with van der Waals surface area (Å²) >= 11 is 0. The minimum atomic E-state index is -4.93. The van der Waals surface area contributed by atoms with Gasteiger partial charge in [-0.25, -0.2) is 0 Å². The van der Waals surface area contributed by atoms with Crippen molar-refractivity contribution < 1.29 is 45.9 Å². The first kappa shape index (κ1) is 25.4. The summed E-state index contributed by atoms with van der Waals surface area (Å²) < 4.78 is 84.7. The van der Waals surface area contributed by atoms with E-state index >= 15 is 0 Å². The molecule has 2 N–H and O–H groups in total. The fourth-order valence-electron chi connectivity index (χ4n) is 3.99. The van der Waals surface area contributed by atoms with Gasteiger partial charge in [0, 0.05) is 19.2 Å². The number of piperidine rings is 1. The van der Waals surface area contributed by atoms with Crippen LogP contribution in [0.3, 0.4) is 0 Å². The Morgan fingerprint density at radius 1 is 1.11 bits per heavy atom. The Morgan fingerprint density at radius 2 is 1.81 bits per heavy atom. The lowest BCUT2D eigenvalue weighted by molar-refractivity contribution is -0.143. The van der Waals surface area contributed by atoms with Gasteiger partial charge in [-0.1, -0.05) is 5.16 Å². The van der Waals surface area contributed by atoms with Crippen LogP contribution >= 0.6 is 0 Å². The highest BCUT2D eigenvalue weighted by Gasteiger charge is 2.40. The predicted molar refractivity (Wildman–Crippen MR) is 107 cm³/mol. The summed E-state index contributed by atoms with van der Waals surface area (Å²) in [4.78, 5) is 13.3. The van der Waals surface area contributed by atoms with E-state index in [0.717, 1.165) is 4.80 Å². The summed E-state index contributed by atoms with van der Waals surface area (Å²) in [5, 5.41) is 34.4. The van der Waals surface area contributed by atoms with Gasteiger partial charge in [0.15, 0.2) is 12.4 Å². The summed E-state index contributed by atoms with van der Waals surface area (Å²) in [5.74, 6) is -1.47. The maximum atomic E-state index is 13.4. The molecule has 1 aromatic carbocycles. The molecule has 1 atom stereocenters. The molecule has 0 spiro atoms. The lowest BCUT2D eigenvalue weighted by atomic mass is 9.85. The molecule has 10 nitrogen and oxygen atoms in total. The highest BCUT2D eigenvalue weighted by atomic mass is 19.4. The fraction of sp³-hybridized carbons (Fsp3) is 0.450. The van der Waals surface area contributed by atoms with Crippen molar-refractivity contribution in [3.63, 3.8) is 0 Å². The van der Waals surface area contributed by atoms with Gasteiger partial charge in [0.2, 0.25) is 11.6 Å². The molecule has 2 aromatic heterocycles. The second kappa shape index (κ2) is 9.40. The number of hydrogen-bond donors (Lipinski definition) is 2. The number of halogens is 6. The third-order valence-corrected chi connectivity index (χ3v) is 5.76. The third kappa shape index (κ3) is 5.42. The summed E-state index contributed by atoms with van der Waals surface area (Å²) in [6.45, 7) is -0.0495. The van der Waals surface area contributed by atoms with Crippen LogP contribution in [0.2, 0.25) is 0 Å². The van der Waals surface area contributed by atoms with Crippen molar-refractivity contribution in [3.8, 4) is 11.6 Å². The second-order valence-electron chi connectivity index (χ2n) is 8.15. The van der Waals surface area contributed by atoms with E-state index in [1.807, 2.05) is 0 Å². The molecule has 0 aliphatic carbocycles. The third-order valence-electron chi connectivity index (χ3n) is 5.76. The van der Waals surface area contributed by atoms with Crippen LogP contribution < -0.4 is 4.90 Å². The number of hydrogen-bond acceptors (Lipinski definition) is 8. The molecule has 3 aromatic rings. The molecule has 1 aliphatic heterocycles. The highest BCUT2D eigenvalue weighted by molar-refractivity contribution is 5.66. The second-order valence-corrected chi connectivity index (χ2v) is 8.15. The number of anilines is 1. The Balaban J connectivity index is 1.46. The molecule has 1 saturated heterocycles. The molecular formula is C20H18F6N6O4. The van der Waals surface area contributed by atoms with Crippen molar-refractivity contribution in [1.29, 1.82) is 0 Å². The average molecular weight is 520 g/mol. The molecule has 0 bridgehead atoms. The van der Waals surface area contributed by atoms with Crippen molar-refractivity contribution in [1.82, 2.24) is 25.4 Å². The summed E-state index contributed by atoms with van der Waals surface area (Å²) in [5.41, 5.74) is -3.39. The minimum absolute atomic E-state index is 0.00969. The SMILES string of the molecule is O=C(O)Cn1nnc(-c2cc(N3CCC(C(O)c4cc(C(F)(F)F)ccc4C(F)(F)F)CC3)no2)n1. The number of carbonyl (C=O) groups is 1. The van der Waals surface area contributed by atoms with Crippen LogP contribution in [0, 0.1) is 5.92 Å². The Morgan fingerprint density at radius 3 is 2.42 bits per heavy atom. The Bertz CT molecular complexity index is 1230. The zero-order valence-corrected chi connectivity index (χ0v) is 18.2. The molecular weight excluding hydrogens is 502 g/mol. The Kier molecular flexibility index (Phi) is 6.64. The standard InChI is InChI=1S/C20H18F6N6O4/c21-19(22,23)11-1-2-13(20(24,25)26)12(7-11)17(35)10-3-5-31(6-4-10)15-8-14(36-29-15)18-27-30-32(28-18)9-16(33)34/h1-2,7-8,10,17,35H,3-6,9H2,(H,33,34). The van der Waals surface area contributed by atoms with Crippen molar-refractivity contribution in [2.75, 3.05) is 18.0 Å². The molecule has 36 heavy (non-hydrogen) atoms. The van der Waals surface area contributed by atoms with Gasteiger partial charge in [0.1, 0.15) is 0 Å². The van der Waals surface area contributed by atoms with Crippen LogP contribution in [0.15, 0.2) is 28.8 Å². The number of nitrogens with zero attached hydrogens (tertiary/aromatic N) is 6. The van der Waals surface area contributed by atoms with E-state index in [2.05, 4.69) is 20.6 Å². The van der Waals surface area contributed by atoms with Crippen LogP contribution in [-0.4, -0.2) is 54.6 Å². The summed E-state index contributed by atoms with van der Waals surface area (Å²) in [6, 6.07) is 2.51. The van der Waals surface area contributed by atoms with Crippen molar-refractivity contribution in [2.24, 2.45) is 5.92 Å². The number of aliphatic carboxylic acids is 1. The van der Waals surface area contributed by atoms with Crippen LogP contribution in [-0.2, 0) is 23.7 Å². The normalized spacial score (nSPS) is 16.4. The summed E-state index contributed by atoms with van der Waals surface area (Å²) in [7, 11) is 0. The van der Waals surface area contributed by atoms with Crippen molar-refractivity contribution in [2.45, 2.75) is 37.8 Å². The van der Waals surface area contributed by atoms with Crippen molar-refractivity contribution >= 4 is 11.8 Å². The maximum absolute atomic E-state index is 13.4. The fourth-order valence-corrected chi connectivity index (χ4v) is 3.99. The van der Waals surface area contributed by atoms with Gasteiger partial charge in [-0.05, 0) is 47.7 Å². The van der Waals surface area contributed by atoms with Gasteiger partial charge >= 0.3 is 18.3 Å². The van der Waals surface area contributed by atoms with Crippen LogP contribution in [0.4, 0.5) is 32.2 Å². The van der Waals surface area contributed by atoms with Gasteiger partial charge in [-0.2, -0.15) is 31.1 Å². The van der Waals surface area contributed by atoms with E-state index in [9.17, 15) is 36.2 Å². The largest absolute Gasteiger partial charge is 0.480 e. The number of rotatable bonds is 6. The first-order chi connectivity index (χ1) is 16.8. The smallest absolute Gasteiger partial charge is 0.416 e. The number of carboxylic acids is 1. The van der Waals surface area contributed by atoms with E-state index in [4.69, 9.17) is 9.63 Å². The van der Waals surface area contributed by atoms with E-state index in [-0.39, 0.29) is 37.5 Å². The van der Waals surface area contributed by atoms with Gasteiger partial charge in [-0.3, -0.25) is 4.79 Å². The zero-order valence-electron chi connectivity index (χ0n) is 18.2. The van der Waals surface area contributed by atoms with Gasteiger partial charge < -0.3 is 19.6 Å². The summed E-state index contributed by atoms with van der Waals surface area (Å²) in [6.07, 6.45) is -11.2. The van der Waals surface area contributed by atoms with Crippen LogP contribution in [0.5, 0.6) is 0 Å². The molecule has 4 rings (SSSR count). The van der Waals surface area contributed by atoms with Crippen LogP contribution in [0.25, 0.3) is 11.6 Å². The molecule has 0 amide bonds. The monoisotopic (exact) mass is 520 g/mol. The van der Waals surface area contributed by atoms with E-state index in [1.54, 1.807) is 4.90 Å². The average Bonchev–Trinajstić information content (AvgIpc) is 3.46. The Hall–Kier alpha value is -3.69. The molecule has 1 fully saturated rings. The molecule has 0 saturated carbocycles. The van der Waals surface area contributed by atoms with Crippen molar-refractivity contribution in [3.05, 3.63) is 41.0 Å². The number of benzene rings is 1. The Labute approximate surface area is 198 Å². The number of aromatic nitrogens is 5. The number of aliphatic hydroxyl groups is 1.